The number of carbonyl (C=O) groups is 2. The van der Waals surface area contributed by atoms with Gasteiger partial charge in [0.25, 0.3) is 17.5 Å². The number of benzene rings is 2. The number of hydrogen-bond donors (Lipinski definition) is 1. The number of nitrogens with one attached hydrogen (secondary N) is 1. The molecule has 2 fully saturated rings. The normalized spacial score (nSPS) is 20.2. The summed E-state index contributed by atoms with van der Waals surface area (Å²) in [7, 11) is 0. The van der Waals surface area contributed by atoms with Crippen LogP contribution in [0.2, 0.25) is 0 Å². The Hall–Kier alpha value is -4.15. The van der Waals surface area contributed by atoms with Gasteiger partial charge < -0.3 is 24.3 Å². The third-order valence-electron chi connectivity index (χ3n) is 6.77. The summed E-state index contributed by atoms with van der Waals surface area (Å²) in [5.74, 6) is 0.514. The zero-order valence-corrected chi connectivity index (χ0v) is 20.6. The molecule has 2 unspecified atom stereocenters. The van der Waals surface area contributed by atoms with Gasteiger partial charge in [-0.15, -0.1) is 0 Å². The molecule has 2 aromatic carbocycles. The zero-order valence-electron chi connectivity index (χ0n) is 20.6. The molecular weight excluding hydrogens is 501 g/mol. The summed E-state index contributed by atoms with van der Waals surface area (Å²) in [5.41, 5.74) is -2.53. The first-order chi connectivity index (χ1) is 18.2. The molecule has 2 aliphatic heterocycles. The van der Waals surface area contributed by atoms with Crippen molar-refractivity contribution in [3.63, 3.8) is 0 Å². The standard InChI is InChI=1S/C27H27F3N4O4/c1-19(37-21-6-3-2-4-7-21)24(35)34-15-13-26(34,38-22-11-9-20(10-12-22)27(28,29)30)25(36)33-17-16-32(18-33)23-8-5-14-31-23/h2-12,14,19,31H,13,15-18H2,1H3. The van der Waals surface area contributed by atoms with E-state index in [4.69, 9.17) is 9.47 Å². The Morgan fingerprint density at radius 1 is 0.947 bits per heavy atom. The monoisotopic (exact) mass is 528 g/mol. The van der Waals surface area contributed by atoms with Gasteiger partial charge in [0.2, 0.25) is 0 Å². The molecule has 200 valence electrons. The second-order valence-corrected chi connectivity index (χ2v) is 9.25. The largest absolute Gasteiger partial charge is 0.481 e. The van der Waals surface area contributed by atoms with Crippen molar-refractivity contribution >= 4 is 17.6 Å². The minimum absolute atomic E-state index is 0.0564. The number of aromatic nitrogens is 1. The Balaban J connectivity index is 1.40. The molecule has 0 bridgehead atoms. The number of para-hydroxylation sites is 1. The maximum absolute atomic E-state index is 13.9. The van der Waals surface area contributed by atoms with Gasteiger partial charge in [-0.1, -0.05) is 18.2 Å². The molecule has 0 aliphatic carbocycles. The molecule has 0 saturated carbocycles. The molecule has 0 spiro atoms. The van der Waals surface area contributed by atoms with Gasteiger partial charge in [-0.25, -0.2) is 0 Å². The molecule has 2 aliphatic rings. The van der Waals surface area contributed by atoms with Crippen molar-refractivity contribution in [3.05, 3.63) is 78.5 Å². The van der Waals surface area contributed by atoms with Crippen LogP contribution in [-0.4, -0.2) is 64.7 Å². The van der Waals surface area contributed by atoms with Crippen LogP contribution in [0.3, 0.4) is 0 Å². The van der Waals surface area contributed by atoms with Crippen molar-refractivity contribution in [1.82, 2.24) is 14.8 Å². The van der Waals surface area contributed by atoms with Crippen LogP contribution < -0.4 is 14.4 Å². The number of H-pyrrole nitrogens is 1. The van der Waals surface area contributed by atoms with Crippen LogP contribution in [0.4, 0.5) is 19.0 Å². The lowest BCUT2D eigenvalue weighted by molar-refractivity contribution is -0.202. The molecule has 0 radical (unpaired) electrons. The number of ether oxygens (including phenoxy) is 2. The molecule has 2 saturated heterocycles. The van der Waals surface area contributed by atoms with Gasteiger partial charge in [-0.05, 0) is 55.5 Å². The molecule has 2 atom stereocenters. The third kappa shape index (κ3) is 4.88. The van der Waals surface area contributed by atoms with Gasteiger partial charge in [0, 0.05) is 32.3 Å². The molecule has 8 nitrogen and oxygen atoms in total. The first-order valence-electron chi connectivity index (χ1n) is 12.2. The van der Waals surface area contributed by atoms with E-state index in [1.54, 1.807) is 42.3 Å². The highest BCUT2D eigenvalue weighted by atomic mass is 19.4. The minimum Gasteiger partial charge on any atom is -0.481 e. The number of alkyl halides is 3. The smallest absolute Gasteiger partial charge is 0.416 e. The zero-order chi connectivity index (χ0) is 26.9. The highest BCUT2D eigenvalue weighted by Crippen LogP contribution is 2.38. The van der Waals surface area contributed by atoms with Crippen LogP contribution in [0.1, 0.15) is 18.9 Å². The van der Waals surface area contributed by atoms with E-state index in [1.807, 2.05) is 23.1 Å². The topological polar surface area (TPSA) is 78.1 Å². The quantitative estimate of drug-likeness (QED) is 0.500. The van der Waals surface area contributed by atoms with E-state index in [-0.39, 0.29) is 25.4 Å². The lowest BCUT2D eigenvalue weighted by atomic mass is 9.94. The second-order valence-electron chi connectivity index (χ2n) is 9.25. The van der Waals surface area contributed by atoms with Crippen LogP contribution in [-0.2, 0) is 15.8 Å². The van der Waals surface area contributed by atoms with E-state index < -0.39 is 35.4 Å². The predicted octanol–water partition coefficient (Wildman–Crippen LogP) is 4.11. The molecule has 1 aromatic heterocycles. The lowest BCUT2D eigenvalue weighted by Gasteiger charge is -2.51. The Bertz CT molecular complexity index is 1270. The van der Waals surface area contributed by atoms with E-state index in [0.29, 0.717) is 18.8 Å². The van der Waals surface area contributed by atoms with E-state index >= 15 is 0 Å². The van der Waals surface area contributed by atoms with Gasteiger partial charge in [-0.2, -0.15) is 13.2 Å². The molecule has 11 heteroatoms. The van der Waals surface area contributed by atoms with Crippen molar-refractivity contribution in [2.45, 2.75) is 31.3 Å². The van der Waals surface area contributed by atoms with E-state index in [0.717, 1.165) is 30.1 Å². The molecule has 5 rings (SSSR count). The number of rotatable bonds is 7. The second kappa shape index (κ2) is 9.96. The fourth-order valence-corrected chi connectivity index (χ4v) is 4.68. The number of nitrogens with zero attached hydrogens (tertiary/aromatic N) is 3. The fourth-order valence-electron chi connectivity index (χ4n) is 4.68. The molecule has 38 heavy (non-hydrogen) atoms. The minimum atomic E-state index is -4.51. The highest BCUT2D eigenvalue weighted by Gasteiger charge is 2.59. The average molecular weight is 529 g/mol. The number of halogens is 3. The molecule has 3 heterocycles. The maximum Gasteiger partial charge on any atom is 0.416 e. The average Bonchev–Trinajstić information content (AvgIpc) is 3.59. The Morgan fingerprint density at radius 2 is 1.68 bits per heavy atom. The Kier molecular flexibility index (Phi) is 6.68. The molecular formula is C27H27F3N4O4. The SMILES string of the molecule is CC(Oc1ccccc1)C(=O)N1CCC1(Oc1ccc(C(F)(F)F)cc1)C(=O)N1CCN(c2ccc[nH]2)C1. The van der Waals surface area contributed by atoms with Gasteiger partial charge in [0.1, 0.15) is 17.3 Å². The van der Waals surface area contributed by atoms with Gasteiger partial charge >= 0.3 is 6.18 Å². The first kappa shape index (κ1) is 25.5. The van der Waals surface area contributed by atoms with Crippen LogP contribution in [0.25, 0.3) is 0 Å². The van der Waals surface area contributed by atoms with Gasteiger partial charge in [0.15, 0.2) is 6.10 Å². The maximum atomic E-state index is 13.9. The summed E-state index contributed by atoms with van der Waals surface area (Å²) < 4.78 is 51.1. The summed E-state index contributed by atoms with van der Waals surface area (Å²) in [6.07, 6.45) is -3.45. The van der Waals surface area contributed by atoms with Crippen LogP contribution in [0, 0.1) is 0 Å². The number of hydrogen-bond acceptors (Lipinski definition) is 5. The summed E-state index contributed by atoms with van der Waals surface area (Å²) in [5, 5.41) is 0. The number of likely N-dealkylation sites (tertiary alicyclic amines) is 1. The summed E-state index contributed by atoms with van der Waals surface area (Å²) in [4.78, 5) is 35.4. The third-order valence-corrected chi connectivity index (χ3v) is 6.77. The van der Waals surface area contributed by atoms with E-state index in [1.165, 1.54) is 4.90 Å². The number of anilines is 1. The highest BCUT2D eigenvalue weighted by molar-refractivity contribution is 5.94. The van der Waals surface area contributed by atoms with Crippen LogP contribution in [0.5, 0.6) is 11.5 Å². The molecule has 3 aromatic rings. The predicted molar refractivity (Wildman–Crippen MR) is 132 cm³/mol. The molecule has 1 N–H and O–H groups in total. The van der Waals surface area contributed by atoms with Gasteiger partial charge in [-0.3, -0.25) is 14.5 Å². The van der Waals surface area contributed by atoms with E-state index in [2.05, 4.69) is 4.98 Å². The summed E-state index contributed by atoms with van der Waals surface area (Å²) >= 11 is 0. The Labute approximate surface area is 217 Å². The number of carbonyl (C=O) groups excluding carboxylic acids is 2. The number of aromatic amines is 1. The molecule has 2 amide bonds. The van der Waals surface area contributed by atoms with E-state index in [9.17, 15) is 22.8 Å². The Morgan fingerprint density at radius 3 is 2.29 bits per heavy atom. The fraction of sp³-hybridized carbons (Fsp3) is 0.333. The van der Waals surface area contributed by atoms with Crippen molar-refractivity contribution in [2.75, 3.05) is 31.2 Å². The van der Waals surface area contributed by atoms with Gasteiger partial charge in [0.05, 0.1) is 12.2 Å². The van der Waals surface area contributed by atoms with Crippen molar-refractivity contribution in [3.8, 4) is 11.5 Å². The summed E-state index contributed by atoms with van der Waals surface area (Å²) in [6.45, 7) is 3.07. The van der Waals surface area contributed by atoms with Crippen molar-refractivity contribution in [1.29, 1.82) is 0 Å². The first-order valence-corrected chi connectivity index (χ1v) is 12.2. The van der Waals surface area contributed by atoms with Crippen molar-refractivity contribution in [2.24, 2.45) is 0 Å². The lowest BCUT2D eigenvalue weighted by Crippen LogP contribution is -2.73. The summed E-state index contributed by atoms with van der Waals surface area (Å²) in [6, 6.07) is 16.7. The van der Waals surface area contributed by atoms with Crippen LogP contribution in [0.15, 0.2) is 72.9 Å². The number of amides is 2. The van der Waals surface area contributed by atoms with Crippen LogP contribution >= 0.6 is 0 Å². The van der Waals surface area contributed by atoms with Crippen molar-refractivity contribution < 1.29 is 32.2 Å².